The van der Waals surface area contributed by atoms with Gasteiger partial charge >= 0.3 is 6.03 Å². The van der Waals surface area contributed by atoms with Gasteiger partial charge in [-0.2, -0.15) is 0 Å². The zero-order valence-corrected chi connectivity index (χ0v) is 17.3. The second kappa shape index (κ2) is 10.5. The van der Waals surface area contributed by atoms with Crippen LogP contribution >= 0.6 is 35.0 Å². The van der Waals surface area contributed by atoms with Crippen molar-refractivity contribution in [3.05, 3.63) is 28.2 Å². The van der Waals surface area contributed by atoms with Crippen LogP contribution < -0.4 is 5.32 Å². The van der Waals surface area contributed by atoms with E-state index in [0.717, 1.165) is 55.5 Å². The van der Waals surface area contributed by atoms with Crippen molar-refractivity contribution in [2.24, 2.45) is 0 Å². The number of hydrogen-bond acceptors (Lipinski definition) is 3. The highest BCUT2D eigenvalue weighted by Crippen LogP contribution is 2.36. The lowest BCUT2D eigenvalue weighted by molar-refractivity contribution is 0.185. The highest BCUT2D eigenvalue weighted by atomic mass is 35.5. The highest BCUT2D eigenvalue weighted by Gasteiger charge is 2.24. The van der Waals surface area contributed by atoms with Crippen LogP contribution in [0.5, 0.6) is 0 Å². The Morgan fingerprint density at radius 2 is 1.96 bits per heavy atom. The first-order valence-electron chi connectivity index (χ1n) is 8.90. The molecule has 1 aromatic rings. The van der Waals surface area contributed by atoms with E-state index in [2.05, 4.69) is 24.1 Å². The van der Waals surface area contributed by atoms with Gasteiger partial charge in [-0.3, -0.25) is 0 Å². The van der Waals surface area contributed by atoms with Crippen LogP contribution in [0.15, 0.2) is 23.1 Å². The zero-order chi connectivity index (χ0) is 18.2. The fourth-order valence-electron chi connectivity index (χ4n) is 2.90. The Kier molecular flexibility index (Phi) is 8.70. The van der Waals surface area contributed by atoms with Gasteiger partial charge in [0, 0.05) is 41.3 Å². The molecule has 1 fully saturated rings. The quantitative estimate of drug-likeness (QED) is 0.722. The zero-order valence-electron chi connectivity index (χ0n) is 14.9. The molecule has 1 aliphatic rings. The Morgan fingerprint density at radius 1 is 1.28 bits per heavy atom. The van der Waals surface area contributed by atoms with Gasteiger partial charge in [0.15, 0.2) is 0 Å². The summed E-state index contributed by atoms with van der Waals surface area (Å²) in [5.74, 6) is 0. The van der Waals surface area contributed by atoms with Crippen LogP contribution in [-0.4, -0.2) is 60.3 Å². The van der Waals surface area contributed by atoms with E-state index in [0.29, 0.717) is 16.8 Å². The van der Waals surface area contributed by atoms with Gasteiger partial charge in [0.1, 0.15) is 0 Å². The molecular formula is C18H27Cl2N3OS. The molecule has 0 saturated carbocycles. The Bertz CT molecular complexity index is 561. The van der Waals surface area contributed by atoms with Gasteiger partial charge in [-0.25, -0.2) is 4.79 Å². The highest BCUT2D eigenvalue weighted by molar-refractivity contribution is 8.00. The molecule has 140 valence electrons. The Hall–Kier alpha value is -0.620. The summed E-state index contributed by atoms with van der Waals surface area (Å²) >= 11 is 14.1. The number of halogens is 2. The third-order valence-electron chi connectivity index (χ3n) is 4.51. The molecule has 7 heteroatoms. The number of likely N-dealkylation sites (tertiary alicyclic amines) is 1. The maximum atomic E-state index is 12.3. The number of hydrogen-bond donors (Lipinski definition) is 1. The molecule has 0 aliphatic carbocycles. The standard InChI is InChI=1S/C18H27Cl2N3OS/c1-3-22(4-2)12-9-21-18(24)23-10-7-15(8-11-23)25-17-13-14(19)5-6-16(17)20/h5-6,13,15H,3-4,7-12H2,1-2H3,(H,21,24). The average molecular weight is 404 g/mol. The van der Waals surface area contributed by atoms with E-state index < -0.39 is 0 Å². The number of nitrogens with zero attached hydrogens (tertiary/aromatic N) is 2. The maximum Gasteiger partial charge on any atom is 0.317 e. The molecule has 1 heterocycles. The lowest BCUT2D eigenvalue weighted by atomic mass is 10.1. The summed E-state index contributed by atoms with van der Waals surface area (Å²) in [6.45, 7) is 9.48. The molecular weight excluding hydrogens is 377 g/mol. The van der Waals surface area contributed by atoms with E-state index in [1.54, 1.807) is 17.8 Å². The molecule has 1 aliphatic heterocycles. The number of piperidine rings is 1. The van der Waals surface area contributed by atoms with Crippen LogP contribution in [0.3, 0.4) is 0 Å². The largest absolute Gasteiger partial charge is 0.337 e. The maximum absolute atomic E-state index is 12.3. The predicted molar refractivity (Wildman–Crippen MR) is 108 cm³/mol. The second-order valence-electron chi connectivity index (χ2n) is 6.14. The summed E-state index contributed by atoms with van der Waals surface area (Å²) in [6, 6.07) is 5.61. The minimum Gasteiger partial charge on any atom is -0.337 e. The molecule has 0 bridgehead atoms. The molecule has 25 heavy (non-hydrogen) atoms. The number of thioether (sulfide) groups is 1. The molecule has 0 radical (unpaired) electrons. The smallest absolute Gasteiger partial charge is 0.317 e. The van der Waals surface area contributed by atoms with E-state index in [1.165, 1.54) is 0 Å². The number of carbonyl (C=O) groups is 1. The van der Waals surface area contributed by atoms with Crippen molar-refractivity contribution in [2.75, 3.05) is 39.3 Å². The monoisotopic (exact) mass is 403 g/mol. The van der Waals surface area contributed by atoms with Gasteiger partial charge in [-0.15, -0.1) is 11.8 Å². The van der Waals surface area contributed by atoms with Crippen molar-refractivity contribution in [1.29, 1.82) is 0 Å². The summed E-state index contributed by atoms with van der Waals surface area (Å²) in [6.07, 6.45) is 1.94. The number of nitrogens with one attached hydrogen (secondary N) is 1. The summed E-state index contributed by atoms with van der Waals surface area (Å²) in [5, 5.41) is 4.95. The van der Waals surface area contributed by atoms with Crippen molar-refractivity contribution >= 4 is 41.0 Å². The first-order valence-corrected chi connectivity index (χ1v) is 10.5. The Morgan fingerprint density at radius 3 is 2.60 bits per heavy atom. The van der Waals surface area contributed by atoms with Crippen LogP contribution in [0.1, 0.15) is 26.7 Å². The molecule has 1 aromatic carbocycles. The summed E-state index contributed by atoms with van der Waals surface area (Å²) < 4.78 is 0. The van der Waals surface area contributed by atoms with Crippen molar-refractivity contribution in [3.8, 4) is 0 Å². The summed E-state index contributed by atoms with van der Waals surface area (Å²) in [5.41, 5.74) is 0. The number of rotatable bonds is 7. The molecule has 0 spiro atoms. The number of amides is 2. The normalized spacial score (nSPS) is 15.6. The van der Waals surface area contributed by atoms with Gasteiger partial charge in [0.25, 0.3) is 0 Å². The first kappa shape index (κ1) is 20.7. The topological polar surface area (TPSA) is 35.6 Å². The van der Waals surface area contributed by atoms with E-state index in [9.17, 15) is 4.79 Å². The van der Waals surface area contributed by atoms with E-state index in [4.69, 9.17) is 23.2 Å². The fourth-order valence-corrected chi connectivity index (χ4v) is 4.57. The van der Waals surface area contributed by atoms with Gasteiger partial charge in [-0.1, -0.05) is 37.0 Å². The molecule has 1 saturated heterocycles. The van der Waals surface area contributed by atoms with Crippen LogP contribution in [-0.2, 0) is 0 Å². The molecule has 2 rings (SSSR count). The first-order chi connectivity index (χ1) is 12.0. The fraction of sp³-hybridized carbons (Fsp3) is 0.611. The van der Waals surface area contributed by atoms with Gasteiger partial charge < -0.3 is 15.1 Å². The lowest BCUT2D eigenvalue weighted by Crippen LogP contribution is -2.46. The van der Waals surface area contributed by atoms with Crippen LogP contribution in [0.4, 0.5) is 4.79 Å². The lowest BCUT2D eigenvalue weighted by Gasteiger charge is -2.32. The molecule has 0 aromatic heterocycles. The summed E-state index contributed by atoms with van der Waals surface area (Å²) in [4.78, 5) is 17.5. The SMILES string of the molecule is CCN(CC)CCNC(=O)N1CCC(Sc2cc(Cl)ccc2Cl)CC1. The van der Waals surface area contributed by atoms with Crippen LogP contribution in [0, 0.1) is 0 Å². The minimum absolute atomic E-state index is 0.0522. The number of carbonyl (C=O) groups excluding carboxylic acids is 1. The summed E-state index contributed by atoms with van der Waals surface area (Å²) in [7, 11) is 0. The van der Waals surface area contributed by atoms with E-state index in [-0.39, 0.29) is 6.03 Å². The van der Waals surface area contributed by atoms with Crippen molar-refractivity contribution in [1.82, 2.24) is 15.1 Å². The van der Waals surface area contributed by atoms with Gasteiger partial charge in [0.05, 0.1) is 5.02 Å². The van der Waals surface area contributed by atoms with Crippen molar-refractivity contribution < 1.29 is 4.79 Å². The Balaban J connectivity index is 1.73. The molecule has 4 nitrogen and oxygen atoms in total. The third kappa shape index (κ3) is 6.55. The molecule has 1 N–H and O–H groups in total. The molecule has 0 unspecified atom stereocenters. The minimum atomic E-state index is 0.0522. The van der Waals surface area contributed by atoms with Gasteiger partial charge in [0.2, 0.25) is 0 Å². The van der Waals surface area contributed by atoms with E-state index in [1.807, 2.05) is 17.0 Å². The van der Waals surface area contributed by atoms with Crippen molar-refractivity contribution in [3.63, 3.8) is 0 Å². The number of benzene rings is 1. The molecule has 0 atom stereocenters. The average Bonchev–Trinajstić information content (AvgIpc) is 2.62. The third-order valence-corrected chi connectivity index (χ3v) is 6.59. The van der Waals surface area contributed by atoms with Crippen molar-refractivity contribution in [2.45, 2.75) is 36.8 Å². The van der Waals surface area contributed by atoms with Gasteiger partial charge in [-0.05, 0) is 44.1 Å². The number of likely N-dealkylation sites (N-methyl/N-ethyl adjacent to an activating group) is 1. The van der Waals surface area contributed by atoms with Crippen LogP contribution in [0.25, 0.3) is 0 Å². The Labute approximate surface area is 165 Å². The second-order valence-corrected chi connectivity index (χ2v) is 8.32. The predicted octanol–water partition coefficient (Wildman–Crippen LogP) is 4.60. The molecule has 2 amide bonds. The van der Waals surface area contributed by atoms with E-state index >= 15 is 0 Å². The van der Waals surface area contributed by atoms with Crippen LogP contribution in [0.2, 0.25) is 10.0 Å². The number of urea groups is 1.